The van der Waals surface area contributed by atoms with Gasteiger partial charge in [0.2, 0.25) is 5.91 Å². The third-order valence-corrected chi connectivity index (χ3v) is 4.47. The van der Waals surface area contributed by atoms with E-state index in [1.54, 1.807) is 0 Å². The van der Waals surface area contributed by atoms with Gasteiger partial charge in [-0.05, 0) is 61.1 Å². The van der Waals surface area contributed by atoms with Crippen molar-refractivity contribution in [3.8, 4) is 6.07 Å². The maximum absolute atomic E-state index is 12.9. The molecule has 0 spiro atoms. The first-order valence-corrected chi connectivity index (χ1v) is 9.46. The topological polar surface area (TPSA) is 78.7 Å². The number of carbonyl (C=O) groups excluding carboxylic acids is 1. The SMILES string of the molecule is N#Cc1cnc(CC(=O)Nc2cccc(CCCCc3ccc(F)cc3)c2)cn1. The fourth-order valence-corrected chi connectivity index (χ4v) is 2.99. The molecule has 5 nitrogen and oxygen atoms in total. The van der Waals surface area contributed by atoms with E-state index in [2.05, 4.69) is 15.3 Å². The molecule has 1 N–H and O–H groups in total. The van der Waals surface area contributed by atoms with Crippen LogP contribution in [0.3, 0.4) is 0 Å². The summed E-state index contributed by atoms with van der Waals surface area (Å²) in [4.78, 5) is 20.2. The third-order valence-electron chi connectivity index (χ3n) is 4.47. The molecule has 0 unspecified atom stereocenters. The van der Waals surface area contributed by atoms with Crippen LogP contribution in [0.1, 0.15) is 35.4 Å². The summed E-state index contributed by atoms with van der Waals surface area (Å²) in [5, 5.41) is 11.6. The fourth-order valence-electron chi connectivity index (χ4n) is 2.99. The molecule has 0 saturated carbocycles. The van der Waals surface area contributed by atoms with Gasteiger partial charge in [-0.15, -0.1) is 0 Å². The number of aryl methyl sites for hydroxylation is 2. The summed E-state index contributed by atoms with van der Waals surface area (Å²) < 4.78 is 12.9. The summed E-state index contributed by atoms with van der Waals surface area (Å²) in [6, 6.07) is 16.3. The molecule has 0 radical (unpaired) electrons. The number of nitrogens with one attached hydrogen (secondary N) is 1. The van der Waals surface area contributed by atoms with Crippen LogP contribution in [0.4, 0.5) is 10.1 Å². The Balaban J connectivity index is 1.46. The van der Waals surface area contributed by atoms with Crippen molar-refractivity contribution in [1.29, 1.82) is 5.26 Å². The molecule has 3 rings (SSSR count). The summed E-state index contributed by atoms with van der Waals surface area (Å²) in [6.45, 7) is 0. The summed E-state index contributed by atoms with van der Waals surface area (Å²) in [7, 11) is 0. The molecule has 0 bridgehead atoms. The minimum absolute atomic E-state index is 0.0978. The van der Waals surface area contributed by atoms with Crippen LogP contribution in [-0.4, -0.2) is 15.9 Å². The lowest BCUT2D eigenvalue weighted by Gasteiger charge is -2.08. The monoisotopic (exact) mass is 388 g/mol. The molecule has 1 aromatic heterocycles. The number of halogens is 1. The van der Waals surface area contributed by atoms with Crippen LogP contribution in [0.5, 0.6) is 0 Å². The van der Waals surface area contributed by atoms with Gasteiger partial charge in [-0.25, -0.2) is 9.37 Å². The highest BCUT2D eigenvalue weighted by molar-refractivity contribution is 5.92. The van der Waals surface area contributed by atoms with Crippen LogP contribution in [-0.2, 0) is 24.1 Å². The van der Waals surface area contributed by atoms with Gasteiger partial charge in [0.1, 0.15) is 11.9 Å². The lowest BCUT2D eigenvalue weighted by Crippen LogP contribution is -2.15. The van der Waals surface area contributed by atoms with Gasteiger partial charge in [0.05, 0.1) is 24.5 Å². The Bertz CT molecular complexity index is 995. The molecule has 0 fully saturated rings. The molecule has 2 aromatic carbocycles. The first kappa shape index (κ1) is 20.2. The summed E-state index contributed by atoms with van der Waals surface area (Å²) >= 11 is 0. The Morgan fingerprint density at radius 3 is 2.45 bits per heavy atom. The van der Waals surface area contributed by atoms with Crippen molar-refractivity contribution in [1.82, 2.24) is 9.97 Å². The largest absolute Gasteiger partial charge is 0.326 e. The highest BCUT2D eigenvalue weighted by Gasteiger charge is 2.07. The standard InChI is InChI=1S/C23H21FN4O/c24-19-10-8-17(9-11-19)4-1-2-5-18-6-3-7-20(12-18)28-23(29)13-21-15-27-22(14-25)16-26-21/h3,6-12,15-16H,1-2,4-5,13H2,(H,28,29). The van der Waals surface area contributed by atoms with E-state index >= 15 is 0 Å². The number of carbonyl (C=O) groups is 1. The van der Waals surface area contributed by atoms with Crippen molar-refractivity contribution in [2.45, 2.75) is 32.1 Å². The van der Waals surface area contributed by atoms with Crippen LogP contribution >= 0.6 is 0 Å². The highest BCUT2D eigenvalue weighted by Crippen LogP contribution is 2.15. The highest BCUT2D eigenvalue weighted by atomic mass is 19.1. The predicted octanol–water partition coefficient (Wildman–Crippen LogP) is 4.23. The van der Waals surface area contributed by atoms with Crippen molar-refractivity contribution in [2.75, 3.05) is 5.32 Å². The lowest BCUT2D eigenvalue weighted by atomic mass is 10.0. The Kier molecular flexibility index (Phi) is 7.01. The maximum Gasteiger partial charge on any atom is 0.230 e. The van der Waals surface area contributed by atoms with E-state index in [4.69, 9.17) is 5.26 Å². The van der Waals surface area contributed by atoms with E-state index in [0.29, 0.717) is 5.69 Å². The summed E-state index contributed by atoms with van der Waals surface area (Å²) in [6.07, 6.45) is 6.75. The van der Waals surface area contributed by atoms with Crippen molar-refractivity contribution in [2.24, 2.45) is 0 Å². The van der Waals surface area contributed by atoms with E-state index in [0.717, 1.165) is 42.5 Å². The zero-order valence-corrected chi connectivity index (χ0v) is 15.9. The summed E-state index contributed by atoms with van der Waals surface area (Å²) in [5.74, 6) is -0.392. The minimum Gasteiger partial charge on any atom is -0.326 e. The second-order valence-corrected chi connectivity index (χ2v) is 6.76. The van der Waals surface area contributed by atoms with Gasteiger partial charge in [0, 0.05) is 5.69 Å². The molecule has 146 valence electrons. The van der Waals surface area contributed by atoms with Gasteiger partial charge in [-0.2, -0.15) is 5.26 Å². The van der Waals surface area contributed by atoms with Crippen molar-refractivity contribution < 1.29 is 9.18 Å². The third kappa shape index (κ3) is 6.51. The first-order chi connectivity index (χ1) is 14.1. The van der Waals surface area contributed by atoms with Crippen LogP contribution < -0.4 is 5.32 Å². The average Bonchev–Trinajstić information content (AvgIpc) is 2.73. The molecule has 0 aliphatic heterocycles. The number of amides is 1. The molecule has 1 heterocycles. The Hall–Kier alpha value is -3.59. The van der Waals surface area contributed by atoms with E-state index in [1.807, 2.05) is 42.5 Å². The van der Waals surface area contributed by atoms with Gasteiger partial charge < -0.3 is 5.32 Å². The molecule has 0 saturated heterocycles. The molecule has 0 atom stereocenters. The zero-order valence-electron chi connectivity index (χ0n) is 15.9. The van der Waals surface area contributed by atoms with Crippen molar-refractivity contribution in [3.63, 3.8) is 0 Å². The van der Waals surface area contributed by atoms with E-state index < -0.39 is 0 Å². The number of nitriles is 1. The van der Waals surface area contributed by atoms with Crippen LogP contribution in [0.25, 0.3) is 0 Å². The smallest absolute Gasteiger partial charge is 0.230 e. The fraction of sp³-hybridized carbons (Fsp3) is 0.217. The minimum atomic E-state index is -0.209. The van der Waals surface area contributed by atoms with Crippen molar-refractivity contribution >= 4 is 11.6 Å². The second-order valence-electron chi connectivity index (χ2n) is 6.76. The van der Waals surface area contributed by atoms with Crippen LogP contribution in [0.2, 0.25) is 0 Å². The van der Waals surface area contributed by atoms with Gasteiger partial charge in [-0.1, -0.05) is 24.3 Å². The molecular formula is C23H21FN4O. The average molecular weight is 388 g/mol. The lowest BCUT2D eigenvalue weighted by molar-refractivity contribution is -0.115. The molecule has 0 aliphatic rings. The zero-order chi connectivity index (χ0) is 20.5. The number of hydrogen-bond acceptors (Lipinski definition) is 4. The number of rotatable bonds is 8. The van der Waals surface area contributed by atoms with Gasteiger partial charge in [0.15, 0.2) is 5.69 Å². The molecule has 29 heavy (non-hydrogen) atoms. The molecule has 3 aromatic rings. The normalized spacial score (nSPS) is 10.3. The number of hydrogen-bond donors (Lipinski definition) is 1. The molecule has 0 aliphatic carbocycles. The van der Waals surface area contributed by atoms with Crippen molar-refractivity contribution in [3.05, 3.63) is 89.3 Å². The predicted molar refractivity (Wildman–Crippen MR) is 109 cm³/mol. The number of anilines is 1. The number of benzene rings is 2. The van der Waals surface area contributed by atoms with E-state index in [-0.39, 0.29) is 23.8 Å². The first-order valence-electron chi connectivity index (χ1n) is 9.46. The molecule has 1 amide bonds. The Morgan fingerprint density at radius 2 is 1.76 bits per heavy atom. The number of aromatic nitrogens is 2. The Morgan fingerprint density at radius 1 is 1.00 bits per heavy atom. The molecule has 6 heteroatoms. The Labute approximate surface area is 169 Å². The number of unbranched alkanes of at least 4 members (excludes halogenated alkanes) is 1. The maximum atomic E-state index is 12.9. The van der Waals surface area contributed by atoms with Gasteiger partial charge in [-0.3, -0.25) is 9.78 Å². The second kappa shape index (κ2) is 10.1. The van der Waals surface area contributed by atoms with E-state index in [9.17, 15) is 9.18 Å². The van der Waals surface area contributed by atoms with Crippen LogP contribution in [0.15, 0.2) is 60.9 Å². The quantitative estimate of drug-likeness (QED) is 0.586. The van der Waals surface area contributed by atoms with Gasteiger partial charge in [0.25, 0.3) is 0 Å². The van der Waals surface area contributed by atoms with Gasteiger partial charge >= 0.3 is 0 Å². The van der Waals surface area contributed by atoms with Crippen LogP contribution in [0, 0.1) is 17.1 Å². The molecular weight excluding hydrogens is 367 g/mol. The number of nitrogens with zero attached hydrogens (tertiary/aromatic N) is 3. The van der Waals surface area contributed by atoms with E-state index in [1.165, 1.54) is 24.5 Å². The summed E-state index contributed by atoms with van der Waals surface area (Å²) in [5.41, 5.74) is 3.77.